The zero-order chi connectivity index (χ0) is 96.0. The molecule has 0 aliphatic rings. The van der Waals surface area contributed by atoms with Gasteiger partial charge in [-0.2, -0.15) is 0 Å². The van der Waals surface area contributed by atoms with Crippen LogP contribution in [-0.2, 0) is 5.41 Å². The van der Waals surface area contributed by atoms with Gasteiger partial charge in [0.2, 0.25) is 0 Å². The molecule has 0 nitrogen and oxygen atoms in total. The summed E-state index contributed by atoms with van der Waals surface area (Å²) >= 11 is 5.60. The molecule has 0 saturated heterocycles. The van der Waals surface area contributed by atoms with Gasteiger partial charge in [-0.25, -0.2) is 0 Å². The highest BCUT2D eigenvalue weighted by Crippen LogP contribution is 2.52. The zero-order valence-electron chi connectivity index (χ0n) is 80.2. The van der Waals surface area contributed by atoms with Crippen molar-refractivity contribution in [1.29, 1.82) is 0 Å². The fourth-order valence-corrected chi connectivity index (χ4v) is 25.6. The van der Waals surface area contributed by atoms with Gasteiger partial charge in [0, 0.05) is 60.5 Å². The first-order valence-electron chi connectivity index (χ1n) is 49.8. The maximum absolute atomic E-state index is 2.43. The van der Waals surface area contributed by atoms with Crippen molar-refractivity contribution in [3.05, 3.63) is 521 Å². The van der Waals surface area contributed by atoms with Crippen molar-refractivity contribution in [3.63, 3.8) is 0 Å². The molecule has 0 atom stereocenters. The number of aryl methyl sites for hydroxylation is 1. The minimum atomic E-state index is 0.0963. The molecule has 0 saturated carbocycles. The first kappa shape index (κ1) is 87.3. The Bertz CT molecular complexity index is 9920. The van der Waals surface area contributed by atoms with Gasteiger partial charge in [0.25, 0.3) is 0 Å². The maximum Gasteiger partial charge on any atom is 0.0355 e. The Kier molecular flexibility index (Phi) is 22.2. The summed E-state index contributed by atoms with van der Waals surface area (Å²) in [6.07, 6.45) is 0. The Morgan fingerprint density at radius 1 is 0.132 bits per heavy atom. The SMILES string of the molecule is CC(C)(C)c1ccc(-c2c3ccccc3c(-c3ccccc3)c3ccc(-c4cccc(-c5ccc6sc7ccccc7c6c5)c4)cc23)cc1.Cc1ccc(-c2c3ccccc3c(-c3ccccc3)c3ccc(-c4cccc(-c5ccc6sc7ccccc7c6c5)c4)cc23)cc1.c1ccc(-c2c3ccccc3c(-c3ccc4ccccc4c3)c3cc(-c4cccc(-c5ccc6sc7ccccc7c6c5)c4)ccc23)cc1. The third-order valence-electron chi connectivity index (χ3n) is 29.4. The number of rotatable bonds is 12. The van der Waals surface area contributed by atoms with Crippen molar-refractivity contribution < 1.29 is 0 Å². The first-order valence-corrected chi connectivity index (χ1v) is 52.2. The Hall–Kier alpha value is -17.0. The highest BCUT2D eigenvalue weighted by molar-refractivity contribution is 7.26. The molecular weight excluding hydrogens is 1790 g/mol. The second-order valence-corrected chi connectivity index (χ2v) is 42.4. The van der Waals surface area contributed by atoms with Crippen molar-refractivity contribution in [1.82, 2.24) is 0 Å². The Morgan fingerprint density at radius 3 is 0.674 bits per heavy atom. The molecule has 28 rings (SSSR count). The van der Waals surface area contributed by atoms with Crippen molar-refractivity contribution in [2.75, 3.05) is 0 Å². The number of thiophene rings is 3. The number of fused-ring (bicyclic) bond motifs is 16. The Balaban J connectivity index is 0.000000110. The second kappa shape index (κ2) is 36.6. The molecular formula is C141H96S3. The summed E-state index contributed by atoms with van der Waals surface area (Å²) in [5.74, 6) is 0. The van der Waals surface area contributed by atoms with Crippen LogP contribution in [0.5, 0.6) is 0 Å². The van der Waals surface area contributed by atoms with Crippen LogP contribution in [0.4, 0.5) is 0 Å². The summed E-state index contributed by atoms with van der Waals surface area (Å²) in [5, 5.41) is 25.8. The predicted molar refractivity (Wildman–Crippen MR) is 629 cm³/mol. The molecule has 0 unspecified atom stereocenters. The van der Waals surface area contributed by atoms with E-state index in [4.69, 9.17) is 0 Å². The van der Waals surface area contributed by atoms with E-state index >= 15 is 0 Å². The lowest BCUT2D eigenvalue weighted by atomic mass is 9.83. The van der Waals surface area contributed by atoms with Crippen LogP contribution in [0.25, 0.3) is 269 Å². The third-order valence-corrected chi connectivity index (χ3v) is 32.9. The monoisotopic (exact) mass is 1880 g/mol. The second-order valence-electron chi connectivity index (χ2n) is 39.2. The molecule has 0 N–H and O–H groups in total. The molecule has 0 aliphatic heterocycles. The highest BCUT2D eigenvalue weighted by Gasteiger charge is 2.25. The highest BCUT2D eigenvalue weighted by atomic mass is 32.1. The lowest BCUT2D eigenvalue weighted by Gasteiger charge is -2.21. The van der Waals surface area contributed by atoms with E-state index in [1.165, 1.54) is 281 Å². The lowest BCUT2D eigenvalue weighted by molar-refractivity contribution is 0.590. The molecule has 0 bridgehead atoms. The van der Waals surface area contributed by atoms with E-state index in [2.05, 4.69) is 537 Å². The van der Waals surface area contributed by atoms with E-state index in [9.17, 15) is 0 Å². The topological polar surface area (TPSA) is 0 Å². The molecule has 3 aromatic heterocycles. The van der Waals surface area contributed by atoms with E-state index in [0.29, 0.717) is 0 Å². The van der Waals surface area contributed by atoms with Crippen molar-refractivity contribution in [2.45, 2.75) is 33.1 Å². The average molecular weight is 1890 g/mol. The molecule has 0 fully saturated rings. The van der Waals surface area contributed by atoms with Crippen LogP contribution in [0.3, 0.4) is 0 Å². The first-order chi connectivity index (χ1) is 70.9. The van der Waals surface area contributed by atoms with Crippen LogP contribution in [0.1, 0.15) is 31.9 Å². The molecule has 3 heterocycles. The predicted octanol–water partition coefficient (Wildman–Crippen LogP) is 41.8. The summed E-state index contributed by atoms with van der Waals surface area (Å²) < 4.78 is 8.01. The summed E-state index contributed by atoms with van der Waals surface area (Å²) in [4.78, 5) is 0. The molecule has 25 aromatic carbocycles. The standard InChI is InChI=1S/C48H30S.C48H36S.C45H30S/c1-2-12-32(13-3-1)47-40-18-6-7-19-41(40)48(38-22-21-31-11-4-5-14-33(31)28-38)44-30-36(23-25-42(44)47)34-15-10-16-35(27-34)37-24-26-46-43(29-37)39-17-8-9-20-45(39)49-46;1-48(2,3)37-24-20-32(21-25-37)47-40-18-8-7-17-39(40)46(31-12-5-4-6-13-31)41-26-22-35(30-43(41)47)33-14-11-15-34(28-33)36-23-27-45-42(29-36)38-16-9-10-19-44(38)49-45;1-29-18-20-31(21-19-29)45-38-16-6-5-15-37(38)44(30-10-3-2-4-11-30)39-24-22-34(28-41(39)45)32-12-9-13-33(26-32)35-23-25-43-40(27-35)36-14-7-8-17-42(36)46-43/h1-30H;4-30H,1-3H3;2-28H,1H3. The number of hydrogen-bond donors (Lipinski definition) is 0. The van der Waals surface area contributed by atoms with Crippen LogP contribution in [-0.4, -0.2) is 0 Å². The minimum absolute atomic E-state index is 0.0963. The normalized spacial score (nSPS) is 11.8. The molecule has 678 valence electrons. The van der Waals surface area contributed by atoms with Gasteiger partial charge in [-0.05, 0) is 324 Å². The van der Waals surface area contributed by atoms with E-state index in [-0.39, 0.29) is 5.41 Å². The van der Waals surface area contributed by atoms with Crippen LogP contribution >= 0.6 is 34.0 Å². The Labute approximate surface area is 850 Å². The molecule has 3 heteroatoms. The molecule has 0 radical (unpaired) electrons. The van der Waals surface area contributed by atoms with Gasteiger partial charge in [0.15, 0.2) is 0 Å². The van der Waals surface area contributed by atoms with Gasteiger partial charge in [0.05, 0.1) is 0 Å². The van der Waals surface area contributed by atoms with Gasteiger partial charge in [0.1, 0.15) is 0 Å². The summed E-state index contributed by atoms with van der Waals surface area (Å²) in [5.41, 5.74) is 32.6. The number of benzene rings is 25. The summed E-state index contributed by atoms with van der Waals surface area (Å²) in [6.45, 7) is 9.00. The van der Waals surface area contributed by atoms with Crippen LogP contribution in [0, 0.1) is 6.92 Å². The van der Waals surface area contributed by atoms with Gasteiger partial charge in [-0.15, -0.1) is 34.0 Å². The van der Waals surface area contributed by atoms with Gasteiger partial charge < -0.3 is 0 Å². The Morgan fingerprint density at radius 2 is 0.347 bits per heavy atom. The molecule has 28 aromatic rings. The molecule has 0 aliphatic carbocycles. The average Bonchev–Trinajstić information content (AvgIpc) is 1.34. The zero-order valence-corrected chi connectivity index (χ0v) is 82.7. The molecule has 0 spiro atoms. The van der Waals surface area contributed by atoms with Gasteiger partial charge in [-0.1, -0.05) is 439 Å². The smallest absolute Gasteiger partial charge is 0.0355 e. The molecule has 144 heavy (non-hydrogen) atoms. The largest absolute Gasteiger partial charge is 0.135 e. The van der Waals surface area contributed by atoms with Crippen molar-refractivity contribution >= 4 is 170 Å². The van der Waals surface area contributed by atoms with Crippen LogP contribution in [0.2, 0.25) is 0 Å². The van der Waals surface area contributed by atoms with Gasteiger partial charge in [-0.3, -0.25) is 0 Å². The van der Waals surface area contributed by atoms with Crippen LogP contribution < -0.4 is 0 Å². The maximum atomic E-state index is 2.43. The van der Waals surface area contributed by atoms with Crippen LogP contribution in [0.15, 0.2) is 510 Å². The van der Waals surface area contributed by atoms with E-state index in [1.54, 1.807) is 0 Å². The summed E-state index contributed by atoms with van der Waals surface area (Å²) in [6, 6.07) is 188. The fourth-order valence-electron chi connectivity index (χ4n) is 22.3. The molecule has 0 amide bonds. The van der Waals surface area contributed by atoms with E-state index in [0.717, 1.165) is 0 Å². The third kappa shape index (κ3) is 16.0. The van der Waals surface area contributed by atoms with Crippen molar-refractivity contribution in [2.24, 2.45) is 0 Å². The fraction of sp³-hybridized carbons (Fsp3) is 0.0355. The summed E-state index contributed by atoms with van der Waals surface area (Å²) in [7, 11) is 0. The number of hydrogen-bond acceptors (Lipinski definition) is 3. The lowest BCUT2D eigenvalue weighted by Crippen LogP contribution is -2.10. The van der Waals surface area contributed by atoms with E-state index < -0.39 is 0 Å². The van der Waals surface area contributed by atoms with Gasteiger partial charge >= 0.3 is 0 Å². The quantitative estimate of drug-likeness (QED) is 0.107. The minimum Gasteiger partial charge on any atom is -0.135 e. The van der Waals surface area contributed by atoms with Crippen molar-refractivity contribution in [3.8, 4) is 134 Å². The van der Waals surface area contributed by atoms with E-state index in [1.807, 2.05) is 34.0 Å².